The highest BCUT2D eigenvalue weighted by Gasteiger charge is 2.27. The number of rotatable bonds is 26. The summed E-state index contributed by atoms with van der Waals surface area (Å²) < 4.78 is 0. The molecule has 3 aromatic rings. The molecule has 2 amide bonds. The number of aryl methyl sites for hydroxylation is 3. The second kappa shape index (κ2) is 26.8. The minimum Gasteiger partial charge on any atom is -0.396 e. The molecule has 3 unspecified atom stereocenters. The van der Waals surface area contributed by atoms with Crippen molar-refractivity contribution in [3.05, 3.63) is 71.0 Å². The molecule has 348 valence electrons. The van der Waals surface area contributed by atoms with E-state index < -0.39 is 24.2 Å². The maximum absolute atomic E-state index is 13.4. The van der Waals surface area contributed by atoms with Crippen molar-refractivity contribution in [2.75, 3.05) is 77.0 Å². The van der Waals surface area contributed by atoms with E-state index >= 15 is 0 Å². The second-order valence-corrected chi connectivity index (χ2v) is 16.8. The van der Waals surface area contributed by atoms with Gasteiger partial charge in [-0.25, -0.2) is 9.97 Å². The van der Waals surface area contributed by atoms with Crippen molar-refractivity contribution in [1.82, 2.24) is 30.0 Å². The van der Waals surface area contributed by atoms with E-state index in [1.807, 2.05) is 4.90 Å². The number of aromatic nitrogens is 2. The Morgan fingerprint density at radius 3 is 2.16 bits per heavy atom. The molecule has 12 N–H and O–H groups in total. The summed E-state index contributed by atoms with van der Waals surface area (Å²) in [6.07, 6.45) is 4.53. The van der Waals surface area contributed by atoms with Crippen molar-refractivity contribution < 1.29 is 35.1 Å². The number of hydrogen-bond acceptors (Lipinski definition) is 14. The molecule has 17 nitrogen and oxygen atoms in total. The van der Waals surface area contributed by atoms with E-state index in [0.717, 1.165) is 68.6 Å². The highest BCUT2D eigenvalue weighted by Crippen LogP contribution is 2.22. The van der Waals surface area contributed by atoms with E-state index in [0.29, 0.717) is 64.0 Å². The molecule has 1 aliphatic heterocycles. The van der Waals surface area contributed by atoms with Gasteiger partial charge in [-0.15, -0.1) is 0 Å². The third kappa shape index (κ3) is 17.7. The number of guanidine groups is 1. The Morgan fingerprint density at radius 2 is 1.51 bits per heavy atom. The molecule has 0 radical (unpaired) electrons. The minimum absolute atomic E-state index is 0.0130. The number of nitrogens with zero attached hydrogens (tertiary/aromatic N) is 6. The molecule has 17 heteroatoms. The summed E-state index contributed by atoms with van der Waals surface area (Å²) in [5.74, 6) is -0.351. The molecule has 1 aromatic heterocycles. The van der Waals surface area contributed by atoms with Crippen molar-refractivity contribution in [3.8, 4) is 11.1 Å². The van der Waals surface area contributed by atoms with Gasteiger partial charge in [-0.05, 0) is 107 Å². The van der Waals surface area contributed by atoms with E-state index in [1.165, 1.54) is 5.56 Å². The molecule has 1 fully saturated rings. The Hall–Kier alpha value is -4.75. The SMILES string of the molecule is Cc1nc(C(=O)NC(N)=NCCCCc2ccc(-c3ccc(CCC(=O)N4CCN(CCCN(CCC(O)CCCO)CC(O)C[C@H](O)CCO)CC4C)cc3)cc2)c(N)nc1N. The zero-order chi connectivity index (χ0) is 45.7. The van der Waals surface area contributed by atoms with Crippen molar-refractivity contribution in [1.29, 1.82) is 0 Å². The summed E-state index contributed by atoms with van der Waals surface area (Å²) in [6.45, 7) is 8.90. The van der Waals surface area contributed by atoms with Gasteiger partial charge in [0.25, 0.3) is 5.91 Å². The number of aliphatic imine (C=N–C) groups is 1. The smallest absolute Gasteiger partial charge is 0.280 e. The number of carbonyl (C=O) groups excluding carboxylic acids is 2. The van der Waals surface area contributed by atoms with Gasteiger partial charge in [-0.1, -0.05) is 48.5 Å². The van der Waals surface area contributed by atoms with Crippen LogP contribution in [-0.4, -0.2) is 158 Å². The summed E-state index contributed by atoms with van der Waals surface area (Å²) >= 11 is 0. The highest BCUT2D eigenvalue weighted by atomic mass is 16.3. The topological polar surface area (TPSA) is 273 Å². The number of nitrogens with two attached hydrogens (primary N) is 3. The van der Waals surface area contributed by atoms with Crippen LogP contribution in [0.1, 0.15) is 92.0 Å². The number of aliphatic hydroxyl groups excluding tert-OH is 5. The lowest BCUT2D eigenvalue weighted by atomic mass is 9.99. The van der Waals surface area contributed by atoms with Gasteiger partial charge in [-0.3, -0.25) is 24.8 Å². The van der Waals surface area contributed by atoms with Crippen LogP contribution >= 0.6 is 0 Å². The molecular formula is C46H72N10O7. The number of benzene rings is 2. The van der Waals surface area contributed by atoms with Crippen LogP contribution in [-0.2, 0) is 17.6 Å². The average Bonchev–Trinajstić information content (AvgIpc) is 3.25. The summed E-state index contributed by atoms with van der Waals surface area (Å²) in [6, 6.07) is 17.0. The maximum atomic E-state index is 13.4. The van der Waals surface area contributed by atoms with E-state index in [2.05, 4.69) is 85.5 Å². The van der Waals surface area contributed by atoms with Gasteiger partial charge in [-0.2, -0.15) is 0 Å². The number of carbonyl (C=O) groups is 2. The van der Waals surface area contributed by atoms with E-state index in [-0.39, 0.29) is 61.3 Å². The Kier molecular flexibility index (Phi) is 21.6. The van der Waals surface area contributed by atoms with Crippen molar-refractivity contribution in [3.63, 3.8) is 0 Å². The first kappa shape index (κ1) is 50.9. The molecular weight excluding hydrogens is 805 g/mol. The van der Waals surface area contributed by atoms with Gasteiger partial charge < -0.3 is 52.5 Å². The van der Waals surface area contributed by atoms with Gasteiger partial charge >= 0.3 is 0 Å². The van der Waals surface area contributed by atoms with Gasteiger partial charge in [0.2, 0.25) is 5.91 Å². The zero-order valence-electron chi connectivity index (χ0n) is 37.2. The quantitative estimate of drug-likeness (QED) is 0.0317. The van der Waals surface area contributed by atoms with E-state index in [4.69, 9.17) is 27.4 Å². The summed E-state index contributed by atoms with van der Waals surface area (Å²) in [4.78, 5) is 44.6. The van der Waals surface area contributed by atoms with E-state index in [1.54, 1.807) is 6.92 Å². The molecule has 4 rings (SSSR count). The Balaban J connectivity index is 1.14. The van der Waals surface area contributed by atoms with Crippen molar-refractivity contribution in [2.45, 2.75) is 109 Å². The molecule has 0 spiro atoms. The number of nitrogens with one attached hydrogen (secondary N) is 1. The van der Waals surface area contributed by atoms with Crippen LogP contribution in [0.5, 0.6) is 0 Å². The molecule has 0 saturated carbocycles. The second-order valence-electron chi connectivity index (χ2n) is 16.8. The Bertz CT molecular complexity index is 1870. The fraction of sp³-hybridized carbons (Fsp3) is 0.587. The third-order valence-corrected chi connectivity index (χ3v) is 11.5. The predicted molar refractivity (Wildman–Crippen MR) is 247 cm³/mol. The van der Waals surface area contributed by atoms with Crippen LogP contribution in [0.4, 0.5) is 11.6 Å². The first-order chi connectivity index (χ1) is 30.3. The van der Waals surface area contributed by atoms with Gasteiger partial charge in [0.1, 0.15) is 5.82 Å². The third-order valence-electron chi connectivity index (χ3n) is 11.5. The number of anilines is 2. The number of piperazine rings is 1. The molecule has 4 atom stereocenters. The fourth-order valence-electron chi connectivity index (χ4n) is 7.87. The van der Waals surface area contributed by atoms with Gasteiger partial charge in [0, 0.05) is 71.4 Å². The highest BCUT2D eigenvalue weighted by molar-refractivity contribution is 6.06. The number of hydrogen-bond donors (Lipinski definition) is 9. The predicted octanol–water partition coefficient (Wildman–Crippen LogP) is 1.86. The number of amides is 2. The first-order valence-corrected chi connectivity index (χ1v) is 22.4. The molecule has 2 aromatic carbocycles. The first-order valence-electron chi connectivity index (χ1n) is 22.4. The monoisotopic (exact) mass is 877 g/mol. The summed E-state index contributed by atoms with van der Waals surface area (Å²) in [5.41, 5.74) is 22.3. The molecule has 63 heavy (non-hydrogen) atoms. The van der Waals surface area contributed by atoms with Crippen LogP contribution in [0, 0.1) is 6.92 Å². The van der Waals surface area contributed by atoms with Gasteiger partial charge in [0.05, 0.1) is 24.0 Å². The van der Waals surface area contributed by atoms with Crippen LogP contribution in [0.3, 0.4) is 0 Å². The number of nitrogen functional groups attached to an aromatic ring is 2. The average molecular weight is 877 g/mol. The summed E-state index contributed by atoms with van der Waals surface area (Å²) in [5, 5.41) is 51.7. The summed E-state index contributed by atoms with van der Waals surface area (Å²) in [7, 11) is 0. The minimum atomic E-state index is -0.765. The van der Waals surface area contributed by atoms with E-state index in [9.17, 15) is 24.9 Å². The number of unbranched alkanes of at least 4 members (excludes halogenated alkanes) is 1. The standard InChI is InChI=1S/C46H72N10O7/c1-32-30-55(23-6-22-54(24-19-38(59)8-5-27-57)31-40(61)29-39(60)20-28-58)25-26-56(32)41(62)18-13-35-11-16-37(17-12-35)36-14-9-34(10-15-36)7-3-4-21-50-46(49)53-45(63)42-44(48)52-43(47)33(2)51-42/h9-12,14-17,32,38-40,57-61H,3-8,13,18-31H2,1-2H3,(H4,47,48,52)(H3,49,50,53,63)/t32?,38?,39-,40?/m1/s1. The molecule has 2 heterocycles. The van der Waals surface area contributed by atoms with Crippen LogP contribution in [0.2, 0.25) is 0 Å². The zero-order valence-corrected chi connectivity index (χ0v) is 37.2. The largest absolute Gasteiger partial charge is 0.396 e. The molecule has 1 aliphatic rings. The van der Waals surface area contributed by atoms with Crippen LogP contribution < -0.4 is 22.5 Å². The van der Waals surface area contributed by atoms with Crippen molar-refractivity contribution >= 4 is 29.4 Å². The Morgan fingerprint density at radius 1 is 0.825 bits per heavy atom. The number of aliphatic hydroxyl groups is 5. The van der Waals surface area contributed by atoms with Gasteiger partial charge in [0.15, 0.2) is 17.5 Å². The lowest BCUT2D eigenvalue weighted by Gasteiger charge is -2.40. The molecule has 0 aliphatic carbocycles. The normalized spacial score (nSPS) is 16.3. The maximum Gasteiger partial charge on any atom is 0.280 e. The molecule has 0 bridgehead atoms. The van der Waals surface area contributed by atoms with Crippen LogP contribution in [0.25, 0.3) is 11.1 Å². The lowest BCUT2D eigenvalue weighted by Crippen LogP contribution is -2.54. The lowest BCUT2D eigenvalue weighted by molar-refractivity contribution is -0.135. The Labute approximate surface area is 372 Å². The van der Waals surface area contributed by atoms with Crippen LogP contribution in [0.15, 0.2) is 53.5 Å². The fourth-order valence-corrected chi connectivity index (χ4v) is 7.87. The van der Waals surface area contributed by atoms with Crippen molar-refractivity contribution in [2.24, 2.45) is 10.7 Å². The molecule has 1 saturated heterocycles.